The van der Waals surface area contributed by atoms with Crippen molar-refractivity contribution in [3.8, 4) is 0 Å². The molecular weight excluding hydrogens is 240 g/mol. The van der Waals surface area contributed by atoms with E-state index in [1.165, 1.54) is 12.8 Å². The van der Waals surface area contributed by atoms with Gasteiger partial charge in [-0.1, -0.05) is 13.8 Å². The van der Waals surface area contributed by atoms with E-state index in [0.717, 1.165) is 22.6 Å². The number of anilines is 1. The van der Waals surface area contributed by atoms with Gasteiger partial charge >= 0.3 is 0 Å². The molecule has 2 nitrogen and oxygen atoms in total. The molecule has 0 aliphatic rings. The smallest absolute Gasteiger partial charge is 0.0590 e. The Morgan fingerprint density at radius 1 is 1.50 bits per heavy atom. The predicted octanol–water partition coefficient (Wildman–Crippen LogP) is 3.69. The van der Waals surface area contributed by atoms with E-state index in [0.29, 0.717) is 0 Å². The van der Waals surface area contributed by atoms with Gasteiger partial charge in [0.2, 0.25) is 0 Å². The molecule has 0 saturated heterocycles. The van der Waals surface area contributed by atoms with E-state index >= 15 is 0 Å². The predicted molar refractivity (Wildman–Crippen MR) is 64.5 cm³/mol. The van der Waals surface area contributed by atoms with Gasteiger partial charge in [-0.2, -0.15) is 0 Å². The lowest BCUT2D eigenvalue weighted by atomic mass is 10.1. The highest BCUT2D eigenvalue weighted by atomic mass is 79.9. The third-order valence-corrected chi connectivity index (χ3v) is 2.68. The van der Waals surface area contributed by atoms with Crippen LogP contribution in [0.4, 0.5) is 5.69 Å². The van der Waals surface area contributed by atoms with Gasteiger partial charge in [-0.3, -0.25) is 4.98 Å². The van der Waals surface area contributed by atoms with Crippen molar-refractivity contribution in [2.45, 2.75) is 26.7 Å². The van der Waals surface area contributed by atoms with Gasteiger partial charge in [-0.25, -0.2) is 0 Å². The molecule has 0 fully saturated rings. The molecular formula is C11H17BrN2. The fourth-order valence-corrected chi connectivity index (χ4v) is 1.64. The van der Waals surface area contributed by atoms with Gasteiger partial charge < -0.3 is 5.32 Å². The highest BCUT2D eigenvalue weighted by Crippen LogP contribution is 2.19. The van der Waals surface area contributed by atoms with E-state index < -0.39 is 0 Å². The first kappa shape index (κ1) is 11.5. The Morgan fingerprint density at radius 2 is 2.29 bits per heavy atom. The molecule has 78 valence electrons. The highest BCUT2D eigenvalue weighted by Gasteiger charge is 1.98. The first-order valence-corrected chi connectivity index (χ1v) is 5.83. The number of rotatable bonds is 5. The quantitative estimate of drug-likeness (QED) is 0.813. The molecule has 0 aliphatic heterocycles. The maximum atomic E-state index is 4.01. The van der Waals surface area contributed by atoms with Crippen molar-refractivity contribution >= 4 is 21.6 Å². The van der Waals surface area contributed by atoms with E-state index in [1.54, 1.807) is 6.20 Å². The standard InChI is InChI=1S/C11H17BrN2/c1-9(2)4-3-6-14-11-5-7-13-8-10(11)12/h5,7-9H,3-4,6H2,1-2H3,(H,13,14). The second kappa shape index (κ2) is 6.02. The molecule has 1 aromatic heterocycles. The molecule has 0 aromatic carbocycles. The molecule has 1 rings (SSSR count). The Kier molecular flexibility index (Phi) is 4.94. The van der Waals surface area contributed by atoms with Crippen LogP contribution in [0, 0.1) is 5.92 Å². The van der Waals surface area contributed by atoms with Crippen molar-refractivity contribution in [3.63, 3.8) is 0 Å². The summed E-state index contributed by atoms with van der Waals surface area (Å²) in [5.74, 6) is 0.790. The third kappa shape index (κ3) is 4.09. The number of aromatic nitrogens is 1. The SMILES string of the molecule is CC(C)CCCNc1ccncc1Br. The lowest BCUT2D eigenvalue weighted by molar-refractivity contribution is 0.567. The van der Waals surface area contributed by atoms with Gasteiger partial charge in [0.05, 0.1) is 10.2 Å². The minimum Gasteiger partial charge on any atom is -0.384 e. The normalized spacial score (nSPS) is 10.6. The van der Waals surface area contributed by atoms with E-state index in [2.05, 4.69) is 40.1 Å². The van der Waals surface area contributed by atoms with Crippen LogP contribution in [0.25, 0.3) is 0 Å². The average Bonchev–Trinajstić information content (AvgIpc) is 2.15. The molecule has 0 aliphatic carbocycles. The Hall–Kier alpha value is -0.570. The van der Waals surface area contributed by atoms with Crippen molar-refractivity contribution in [3.05, 3.63) is 22.9 Å². The van der Waals surface area contributed by atoms with Gasteiger partial charge in [-0.05, 0) is 40.8 Å². The Labute approximate surface area is 94.3 Å². The summed E-state index contributed by atoms with van der Waals surface area (Å²) in [6.07, 6.45) is 6.10. The van der Waals surface area contributed by atoms with E-state index in [9.17, 15) is 0 Å². The minimum atomic E-state index is 0.790. The molecule has 0 spiro atoms. The Morgan fingerprint density at radius 3 is 2.93 bits per heavy atom. The molecule has 0 saturated carbocycles. The summed E-state index contributed by atoms with van der Waals surface area (Å²) >= 11 is 3.45. The molecule has 0 radical (unpaired) electrons. The lowest BCUT2D eigenvalue weighted by Gasteiger charge is -2.08. The van der Waals surface area contributed by atoms with Crippen LogP contribution >= 0.6 is 15.9 Å². The number of pyridine rings is 1. The summed E-state index contributed by atoms with van der Waals surface area (Å²) < 4.78 is 1.03. The van der Waals surface area contributed by atoms with Crippen LogP contribution in [-0.4, -0.2) is 11.5 Å². The number of nitrogens with one attached hydrogen (secondary N) is 1. The number of halogens is 1. The van der Waals surface area contributed by atoms with Crippen LogP contribution < -0.4 is 5.32 Å². The van der Waals surface area contributed by atoms with E-state index in [1.807, 2.05) is 12.3 Å². The fourth-order valence-electron chi connectivity index (χ4n) is 1.25. The van der Waals surface area contributed by atoms with Gasteiger partial charge in [0.1, 0.15) is 0 Å². The zero-order chi connectivity index (χ0) is 10.4. The van der Waals surface area contributed by atoms with Crippen LogP contribution in [0.15, 0.2) is 22.9 Å². The van der Waals surface area contributed by atoms with Crippen molar-refractivity contribution < 1.29 is 0 Å². The van der Waals surface area contributed by atoms with Crippen LogP contribution in [0.5, 0.6) is 0 Å². The van der Waals surface area contributed by atoms with Crippen molar-refractivity contribution in [2.75, 3.05) is 11.9 Å². The Bertz CT molecular complexity index is 274. The maximum absolute atomic E-state index is 4.01. The average molecular weight is 257 g/mol. The molecule has 1 N–H and O–H groups in total. The largest absolute Gasteiger partial charge is 0.384 e. The topological polar surface area (TPSA) is 24.9 Å². The molecule has 3 heteroatoms. The van der Waals surface area contributed by atoms with Crippen molar-refractivity contribution in [1.29, 1.82) is 0 Å². The second-order valence-electron chi connectivity index (χ2n) is 3.82. The molecule has 1 aromatic rings. The molecule has 0 amide bonds. The summed E-state index contributed by atoms with van der Waals surface area (Å²) in [7, 11) is 0. The van der Waals surface area contributed by atoms with Gasteiger partial charge in [-0.15, -0.1) is 0 Å². The fraction of sp³-hybridized carbons (Fsp3) is 0.545. The molecule has 14 heavy (non-hydrogen) atoms. The summed E-state index contributed by atoms with van der Waals surface area (Å²) in [5.41, 5.74) is 1.13. The van der Waals surface area contributed by atoms with Crippen molar-refractivity contribution in [2.24, 2.45) is 5.92 Å². The van der Waals surface area contributed by atoms with Gasteiger partial charge in [0.15, 0.2) is 0 Å². The first-order valence-electron chi connectivity index (χ1n) is 5.03. The molecule has 0 bridgehead atoms. The monoisotopic (exact) mass is 256 g/mol. The van der Waals surface area contributed by atoms with Crippen LogP contribution in [0.2, 0.25) is 0 Å². The second-order valence-corrected chi connectivity index (χ2v) is 4.67. The molecule has 0 atom stereocenters. The number of nitrogens with zero attached hydrogens (tertiary/aromatic N) is 1. The van der Waals surface area contributed by atoms with E-state index in [-0.39, 0.29) is 0 Å². The summed E-state index contributed by atoms with van der Waals surface area (Å²) in [6.45, 7) is 5.53. The van der Waals surface area contributed by atoms with Crippen molar-refractivity contribution in [1.82, 2.24) is 4.98 Å². The summed E-state index contributed by atoms with van der Waals surface area (Å²) in [6, 6.07) is 1.99. The summed E-state index contributed by atoms with van der Waals surface area (Å²) in [4.78, 5) is 4.01. The Balaban J connectivity index is 2.28. The summed E-state index contributed by atoms with van der Waals surface area (Å²) in [5, 5.41) is 3.38. The van der Waals surface area contributed by atoms with Gasteiger partial charge in [0.25, 0.3) is 0 Å². The van der Waals surface area contributed by atoms with Crippen LogP contribution in [0.1, 0.15) is 26.7 Å². The van der Waals surface area contributed by atoms with Gasteiger partial charge in [0, 0.05) is 18.9 Å². The lowest BCUT2D eigenvalue weighted by Crippen LogP contribution is -2.03. The molecule has 1 heterocycles. The zero-order valence-corrected chi connectivity index (χ0v) is 10.3. The number of hydrogen-bond donors (Lipinski definition) is 1. The highest BCUT2D eigenvalue weighted by molar-refractivity contribution is 9.10. The van der Waals surface area contributed by atoms with Crippen LogP contribution in [0.3, 0.4) is 0 Å². The minimum absolute atomic E-state index is 0.790. The number of hydrogen-bond acceptors (Lipinski definition) is 2. The maximum Gasteiger partial charge on any atom is 0.0590 e. The zero-order valence-electron chi connectivity index (χ0n) is 8.76. The van der Waals surface area contributed by atoms with Crippen LogP contribution in [-0.2, 0) is 0 Å². The van der Waals surface area contributed by atoms with E-state index in [4.69, 9.17) is 0 Å². The first-order chi connectivity index (χ1) is 6.70. The molecule has 0 unspecified atom stereocenters. The third-order valence-electron chi connectivity index (χ3n) is 2.05.